The molecule has 0 unspecified atom stereocenters. The Bertz CT molecular complexity index is 1080. The third-order valence-electron chi connectivity index (χ3n) is 5.16. The van der Waals surface area contributed by atoms with Gasteiger partial charge in [-0.1, -0.05) is 25.4 Å². The van der Waals surface area contributed by atoms with Gasteiger partial charge in [-0.15, -0.1) is 0 Å². The highest BCUT2D eigenvalue weighted by atomic mass is 35.5. The zero-order valence-corrected chi connectivity index (χ0v) is 18.6. The Hall–Kier alpha value is -2.14. The quantitative estimate of drug-likeness (QED) is 0.486. The van der Waals surface area contributed by atoms with Gasteiger partial charge in [0.25, 0.3) is 0 Å². The molecule has 0 spiro atoms. The van der Waals surface area contributed by atoms with Crippen molar-refractivity contribution < 1.29 is 26.0 Å². The fourth-order valence-electron chi connectivity index (χ4n) is 3.52. The van der Waals surface area contributed by atoms with Crippen LogP contribution in [0.2, 0.25) is 5.15 Å². The van der Waals surface area contributed by atoms with E-state index in [4.69, 9.17) is 11.6 Å². The molecule has 0 saturated carbocycles. The van der Waals surface area contributed by atoms with Crippen LogP contribution < -0.4 is 9.80 Å². The van der Waals surface area contributed by atoms with Crippen molar-refractivity contribution in [3.63, 3.8) is 0 Å². The summed E-state index contributed by atoms with van der Waals surface area (Å²) in [6, 6.07) is 3.71. The molecule has 0 radical (unpaired) electrons. The molecule has 1 aliphatic heterocycles. The van der Waals surface area contributed by atoms with Crippen LogP contribution in [0.1, 0.15) is 19.4 Å². The summed E-state index contributed by atoms with van der Waals surface area (Å²) in [7, 11) is -3.74. The molecule has 0 amide bonds. The van der Waals surface area contributed by atoms with Crippen LogP contribution in [0.3, 0.4) is 0 Å². The topological polar surface area (TPSA) is 66.4 Å². The number of aromatic nitrogens is 2. The molecule has 1 atom stereocenters. The molecule has 1 aliphatic rings. The number of anilines is 2. The first-order chi connectivity index (χ1) is 14.3. The van der Waals surface area contributed by atoms with Crippen molar-refractivity contribution in [3.8, 4) is 0 Å². The van der Waals surface area contributed by atoms with Gasteiger partial charge >= 0.3 is 6.18 Å². The standard InChI is InChI=1S/C19H21ClF4N4O2S/c1-11(2)15-10-27(12-4-5-14(21)16(8-12)31(3,29)30)6-7-28(15)18-25-9-13(17(20)26-18)19(22,23)24/h4-5,8-9,11,15H,6-7,10H2,1-3H3/t15-/m0/s1. The summed E-state index contributed by atoms with van der Waals surface area (Å²) in [5, 5.41) is -0.668. The fourth-order valence-corrected chi connectivity index (χ4v) is 4.51. The van der Waals surface area contributed by atoms with E-state index in [0.717, 1.165) is 12.3 Å². The van der Waals surface area contributed by atoms with Crippen molar-refractivity contribution >= 4 is 33.1 Å². The summed E-state index contributed by atoms with van der Waals surface area (Å²) in [5.41, 5.74) is -0.559. The van der Waals surface area contributed by atoms with Gasteiger partial charge in [-0.05, 0) is 24.1 Å². The summed E-state index contributed by atoms with van der Waals surface area (Å²) in [6.07, 6.45) is -3.03. The first-order valence-corrected chi connectivity index (χ1v) is 11.7. The van der Waals surface area contributed by atoms with E-state index in [-0.39, 0.29) is 22.8 Å². The fraction of sp³-hybridized carbons (Fsp3) is 0.474. The number of alkyl halides is 3. The van der Waals surface area contributed by atoms with Gasteiger partial charge in [0.15, 0.2) is 9.84 Å². The first-order valence-electron chi connectivity index (χ1n) is 9.40. The van der Waals surface area contributed by atoms with Crippen molar-refractivity contribution in [2.24, 2.45) is 5.92 Å². The molecule has 1 saturated heterocycles. The number of hydrogen-bond acceptors (Lipinski definition) is 6. The number of halogens is 5. The van der Waals surface area contributed by atoms with Crippen LogP contribution in [0.25, 0.3) is 0 Å². The van der Waals surface area contributed by atoms with E-state index in [9.17, 15) is 26.0 Å². The van der Waals surface area contributed by atoms with Crippen molar-refractivity contribution in [2.75, 3.05) is 35.7 Å². The average molecular weight is 481 g/mol. The lowest BCUT2D eigenvalue weighted by Gasteiger charge is -2.44. The molecule has 12 heteroatoms. The number of hydrogen-bond donors (Lipinski definition) is 0. The molecule has 170 valence electrons. The van der Waals surface area contributed by atoms with Gasteiger partial charge in [-0.25, -0.2) is 22.8 Å². The number of rotatable bonds is 4. The van der Waals surface area contributed by atoms with E-state index < -0.39 is 32.5 Å². The highest BCUT2D eigenvalue weighted by Gasteiger charge is 2.36. The Morgan fingerprint density at radius 1 is 1.23 bits per heavy atom. The monoisotopic (exact) mass is 480 g/mol. The van der Waals surface area contributed by atoms with Crippen LogP contribution in [0, 0.1) is 11.7 Å². The molecule has 1 aromatic heterocycles. The molecule has 1 fully saturated rings. The summed E-state index contributed by atoms with van der Waals surface area (Å²) >= 11 is 5.76. The van der Waals surface area contributed by atoms with Gasteiger partial charge in [0.1, 0.15) is 21.4 Å². The van der Waals surface area contributed by atoms with E-state index in [1.807, 2.05) is 18.7 Å². The second kappa shape index (κ2) is 8.42. The predicted octanol–water partition coefficient (Wildman–Crippen LogP) is 4.04. The van der Waals surface area contributed by atoms with Crippen LogP contribution in [0.4, 0.5) is 29.2 Å². The van der Waals surface area contributed by atoms with E-state index in [2.05, 4.69) is 9.97 Å². The van der Waals surface area contributed by atoms with Crippen LogP contribution in [0.15, 0.2) is 29.3 Å². The maximum absolute atomic E-state index is 14.0. The zero-order valence-electron chi connectivity index (χ0n) is 17.0. The van der Waals surface area contributed by atoms with Crippen LogP contribution in [-0.4, -0.2) is 50.3 Å². The number of piperazine rings is 1. The highest BCUT2D eigenvalue weighted by molar-refractivity contribution is 7.90. The maximum Gasteiger partial charge on any atom is 0.420 e. The minimum Gasteiger partial charge on any atom is -0.368 e. The second-order valence-corrected chi connectivity index (χ2v) is 10.1. The molecule has 2 heterocycles. The van der Waals surface area contributed by atoms with E-state index in [1.165, 1.54) is 12.1 Å². The van der Waals surface area contributed by atoms with E-state index in [0.29, 0.717) is 31.5 Å². The number of nitrogens with zero attached hydrogens (tertiary/aromatic N) is 4. The lowest BCUT2D eigenvalue weighted by Crippen LogP contribution is -2.56. The molecular formula is C19H21ClF4N4O2S. The molecule has 6 nitrogen and oxygen atoms in total. The first kappa shape index (κ1) is 23.5. The largest absolute Gasteiger partial charge is 0.420 e. The normalized spacial score (nSPS) is 18.0. The Balaban J connectivity index is 1.90. The van der Waals surface area contributed by atoms with E-state index >= 15 is 0 Å². The molecule has 3 rings (SSSR count). The zero-order chi connectivity index (χ0) is 23.1. The Labute approximate surface area is 182 Å². The molecule has 0 bridgehead atoms. The Morgan fingerprint density at radius 2 is 1.90 bits per heavy atom. The van der Waals surface area contributed by atoms with E-state index in [1.54, 1.807) is 4.90 Å². The summed E-state index contributed by atoms with van der Waals surface area (Å²) in [5.74, 6) is -0.673. The van der Waals surface area contributed by atoms with Crippen molar-refractivity contribution in [1.29, 1.82) is 0 Å². The van der Waals surface area contributed by atoms with Gasteiger partial charge in [-0.2, -0.15) is 13.2 Å². The smallest absolute Gasteiger partial charge is 0.368 e. The van der Waals surface area contributed by atoms with Gasteiger partial charge in [0, 0.05) is 37.8 Å². The minimum absolute atomic E-state index is 0.0577. The van der Waals surface area contributed by atoms with Crippen molar-refractivity contribution in [1.82, 2.24) is 9.97 Å². The SMILES string of the molecule is CC(C)[C@@H]1CN(c2ccc(F)c(S(C)(=O)=O)c2)CCN1c1ncc(C(F)(F)F)c(Cl)n1. The third-order valence-corrected chi connectivity index (χ3v) is 6.56. The van der Waals surface area contributed by atoms with Crippen LogP contribution in [0.5, 0.6) is 0 Å². The summed E-state index contributed by atoms with van der Waals surface area (Å²) in [6.45, 7) is 5.06. The average Bonchev–Trinajstić information content (AvgIpc) is 2.66. The number of benzene rings is 1. The molecule has 31 heavy (non-hydrogen) atoms. The molecular weight excluding hydrogens is 460 g/mol. The van der Waals surface area contributed by atoms with Crippen LogP contribution in [-0.2, 0) is 16.0 Å². The van der Waals surface area contributed by atoms with Crippen molar-refractivity contribution in [2.45, 2.75) is 31.0 Å². The summed E-state index contributed by atoms with van der Waals surface area (Å²) in [4.78, 5) is 11.1. The molecule has 2 aromatic rings. The van der Waals surface area contributed by atoms with Gasteiger partial charge in [0.05, 0.1) is 6.04 Å². The lowest BCUT2D eigenvalue weighted by atomic mass is 9.99. The predicted molar refractivity (Wildman–Crippen MR) is 110 cm³/mol. The summed E-state index contributed by atoms with van der Waals surface area (Å²) < 4.78 is 76.5. The molecule has 0 N–H and O–H groups in total. The van der Waals surface area contributed by atoms with Crippen LogP contribution >= 0.6 is 11.6 Å². The molecule has 1 aromatic carbocycles. The third kappa shape index (κ3) is 5.03. The Morgan fingerprint density at radius 3 is 2.45 bits per heavy atom. The maximum atomic E-state index is 14.0. The molecule has 0 aliphatic carbocycles. The highest BCUT2D eigenvalue weighted by Crippen LogP contribution is 2.35. The minimum atomic E-state index is -4.65. The lowest BCUT2D eigenvalue weighted by molar-refractivity contribution is -0.137. The van der Waals surface area contributed by atoms with Gasteiger partial charge < -0.3 is 9.80 Å². The van der Waals surface area contributed by atoms with Gasteiger partial charge in [-0.3, -0.25) is 0 Å². The van der Waals surface area contributed by atoms with Gasteiger partial charge in [0.2, 0.25) is 5.95 Å². The number of sulfone groups is 1. The second-order valence-electron chi connectivity index (χ2n) is 7.71. The van der Waals surface area contributed by atoms with Crippen molar-refractivity contribution in [3.05, 3.63) is 40.9 Å². The Kier molecular flexibility index (Phi) is 6.39.